The average Bonchev–Trinajstić information content (AvgIpc) is 2.61. The largest absolute Gasteiger partial charge is 0.332 e. The van der Waals surface area contributed by atoms with Gasteiger partial charge in [-0.1, -0.05) is 24.3 Å². The molecule has 25 heavy (non-hydrogen) atoms. The van der Waals surface area contributed by atoms with Crippen LogP contribution < -0.4 is 0 Å². The van der Waals surface area contributed by atoms with Crippen LogP contribution in [0.2, 0.25) is 0 Å². The number of aryl methyl sites for hydroxylation is 2. The Kier molecular flexibility index (Phi) is 5.86. The minimum absolute atomic E-state index is 0.103. The lowest BCUT2D eigenvalue weighted by Gasteiger charge is -2.23. The highest BCUT2D eigenvalue weighted by atomic mass is 19.1. The van der Waals surface area contributed by atoms with Gasteiger partial charge in [-0.2, -0.15) is 0 Å². The molecule has 2 aromatic carbocycles. The Morgan fingerprint density at radius 3 is 2.28 bits per heavy atom. The van der Waals surface area contributed by atoms with Crippen LogP contribution in [-0.4, -0.2) is 29.7 Å². The van der Waals surface area contributed by atoms with Crippen LogP contribution in [0.5, 0.6) is 0 Å². The van der Waals surface area contributed by atoms with E-state index in [-0.39, 0.29) is 17.5 Å². The lowest BCUT2D eigenvalue weighted by Crippen LogP contribution is -2.39. The summed E-state index contributed by atoms with van der Waals surface area (Å²) < 4.78 is 12.9. The quantitative estimate of drug-likeness (QED) is 0.605. The standard InChI is InChI=1S/C21H22FNO2/c1-14-5-9-18(13-15(14)2)21(25)16(3)23(4)20(24)12-8-17-6-10-19(22)11-7-17/h5-13,16H,1-4H3/b12-8+. The molecular formula is C21H22FNO2. The first-order valence-electron chi connectivity index (χ1n) is 8.11. The number of hydrogen-bond acceptors (Lipinski definition) is 2. The summed E-state index contributed by atoms with van der Waals surface area (Å²) in [5.74, 6) is -0.712. The van der Waals surface area contributed by atoms with E-state index in [0.717, 1.165) is 16.7 Å². The molecule has 4 heteroatoms. The first-order chi connectivity index (χ1) is 11.8. The summed E-state index contributed by atoms with van der Waals surface area (Å²) in [4.78, 5) is 26.3. The normalized spacial score (nSPS) is 12.2. The zero-order chi connectivity index (χ0) is 18.6. The van der Waals surface area contributed by atoms with Gasteiger partial charge in [0.05, 0.1) is 6.04 Å². The van der Waals surface area contributed by atoms with Crippen molar-refractivity contribution in [2.75, 3.05) is 7.05 Å². The Bertz CT molecular complexity index is 809. The number of halogens is 1. The number of benzene rings is 2. The lowest BCUT2D eigenvalue weighted by atomic mass is 10.00. The summed E-state index contributed by atoms with van der Waals surface area (Å²) in [6, 6.07) is 10.8. The molecule has 0 aliphatic rings. The van der Waals surface area contributed by atoms with E-state index in [1.165, 1.54) is 23.1 Å². The van der Waals surface area contributed by atoms with Gasteiger partial charge in [0.15, 0.2) is 5.78 Å². The van der Waals surface area contributed by atoms with Gasteiger partial charge in [0.1, 0.15) is 5.82 Å². The molecule has 0 aliphatic heterocycles. The van der Waals surface area contributed by atoms with Crippen molar-refractivity contribution in [1.29, 1.82) is 0 Å². The van der Waals surface area contributed by atoms with E-state index in [2.05, 4.69) is 0 Å². The zero-order valence-electron chi connectivity index (χ0n) is 14.9. The van der Waals surface area contributed by atoms with Crippen molar-refractivity contribution in [3.05, 3.63) is 76.6 Å². The summed E-state index contributed by atoms with van der Waals surface area (Å²) in [7, 11) is 1.60. The molecule has 0 fully saturated rings. The monoisotopic (exact) mass is 339 g/mol. The molecule has 0 saturated carbocycles. The van der Waals surface area contributed by atoms with Crippen LogP contribution in [0, 0.1) is 19.7 Å². The SMILES string of the molecule is Cc1ccc(C(=O)C(C)N(C)C(=O)/C=C/c2ccc(F)cc2)cc1C. The summed E-state index contributed by atoms with van der Waals surface area (Å²) in [6.45, 7) is 5.65. The second-order valence-electron chi connectivity index (χ2n) is 6.17. The molecule has 1 unspecified atom stereocenters. The molecule has 2 aromatic rings. The Hall–Kier alpha value is -2.75. The fourth-order valence-electron chi connectivity index (χ4n) is 2.36. The average molecular weight is 339 g/mol. The number of rotatable bonds is 5. The van der Waals surface area contributed by atoms with E-state index in [1.807, 2.05) is 26.0 Å². The molecule has 1 amide bonds. The maximum atomic E-state index is 12.9. The van der Waals surface area contributed by atoms with Crippen molar-refractivity contribution < 1.29 is 14.0 Å². The highest BCUT2D eigenvalue weighted by Gasteiger charge is 2.22. The topological polar surface area (TPSA) is 37.4 Å². The fourth-order valence-corrected chi connectivity index (χ4v) is 2.36. The van der Waals surface area contributed by atoms with Crippen molar-refractivity contribution in [2.24, 2.45) is 0 Å². The second kappa shape index (κ2) is 7.88. The van der Waals surface area contributed by atoms with Gasteiger partial charge in [-0.05, 0) is 61.7 Å². The van der Waals surface area contributed by atoms with E-state index in [1.54, 1.807) is 38.2 Å². The van der Waals surface area contributed by atoms with Gasteiger partial charge in [0, 0.05) is 18.7 Å². The van der Waals surface area contributed by atoms with Crippen LogP contribution in [-0.2, 0) is 4.79 Å². The van der Waals surface area contributed by atoms with E-state index >= 15 is 0 Å². The van der Waals surface area contributed by atoms with Crippen LogP contribution in [0.4, 0.5) is 4.39 Å². The summed E-state index contributed by atoms with van der Waals surface area (Å²) in [5.41, 5.74) is 3.48. The third kappa shape index (κ3) is 4.63. The molecule has 0 bridgehead atoms. The number of carbonyl (C=O) groups is 2. The van der Waals surface area contributed by atoms with Crippen LogP contribution >= 0.6 is 0 Å². The molecule has 0 aliphatic carbocycles. The summed E-state index contributed by atoms with van der Waals surface area (Å²) >= 11 is 0. The Balaban J connectivity index is 2.08. The number of ketones is 1. The van der Waals surface area contributed by atoms with Crippen LogP contribution in [0.15, 0.2) is 48.5 Å². The van der Waals surface area contributed by atoms with Crippen LogP contribution in [0.25, 0.3) is 6.08 Å². The van der Waals surface area contributed by atoms with Crippen molar-refractivity contribution in [2.45, 2.75) is 26.8 Å². The molecule has 0 heterocycles. The predicted molar refractivity (Wildman–Crippen MR) is 97.9 cm³/mol. The molecule has 0 saturated heterocycles. The molecule has 0 aromatic heterocycles. The van der Waals surface area contributed by atoms with Gasteiger partial charge in [0.2, 0.25) is 5.91 Å². The summed E-state index contributed by atoms with van der Waals surface area (Å²) in [5, 5.41) is 0. The number of hydrogen-bond donors (Lipinski definition) is 0. The first kappa shape index (κ1) is 18.6. The number of amides is 1. The molecule has 130 valence electrons. The van der Waals surface area contributed by atoms with Crippen LogP contribution in [0.1, 0.15) is 34.0 Å². The van der Waals surface area contributed by atoms with E-state index in [9.17, 15) is 14.0 Å². The van der Waals surface area contributed by atoms with Gasteiger partial charge in [0.25, 0.3) is 0 Å². The molecule has 0 N–H and O–H groups in total. The fraction of sp³-hybridized carbons (Fsp3) is 0.238. The Labute approximate surface area is 147 Å². The number of Topliss-reactive ketones (excluding diaryl/α,β-unsaturated/α-hetero) is 1. The molecule has 2 rings (SSSR count). The highest BCUT2D eigenvalue weighted by molar-refractivity contribution is 6.03. The number of likely N-dealkylation sites (N-methyl/N-ethyl adjacent to an activating group) is 1. The second-order valence-corrected chi connectivity index (χ2v) is 6.17. The van der Waals surface area contributed by atoms with Gasteiger partial charge in [-0.15, -0.1) is 0 Å². The van der Waals surface area contributed by atoms with E-state index in [4.69, 9.17) is 0 Å². The minimum atomic E-state index is -0.576. The van der Waals surface area contributed by atoms with Gasteiger partial charge in [-0.3, -0.25) is 9.59 Å². The Morgan fingerprint density at radius 2 is 1.68 bits per heavy atom. The molecule has 0 radical (unpaired) electrons. The smallest absolute Gasteiger partial charge is 0.246 e. The third-order valence-electron chi connectivity index (χ3n) is 4.39. The van der Waals surface area contributed by atoms with E-state index in [0.29, 0.717) is 5.56 Å². The zero-order valence-corrected chi connectivity index (χ0v) is 14.9. The van der Waals surface area contributed by atoms with Crippen molar-refractivity contribution in [3.63, 3.8) is 0 Å². The van der Waals surface area contributed by atoms with Crippen LogP contribution in [0.3, 0.4) is 0 Å². The molecular weight excluding hydrogens is 317 g/mol. The number of nitrogens with zero attached hydrogens (tertiary/aromatic N) is 1. The maximum absolute atomic E-state index is 12.9. The highest BCUT2D eigenvalue weighted by Crippen LogP contribution is 2.14. The number of carbonyl (C=O) groups excluding carboxylic acids is 2. The van der Waals surface area contributed by atoms with Gasteiger partial charge in [-0.25, -0.2) is 4.39 Å². The minimum Gasteiger partial charge on any atom is -0.332 e. The molecule has 3 nitrogen and oxygen atoms in total. The molecule has 0 spiro atoms. The van der Waals surface area contributed by atoms with Gasteiger partial charge < -0.3 is 4.90 Å². The van der Waals surface area contributed by atoms with Gasteiger partial charge >= 0.3 is 0 Å². The van der Waals surface area contributed by atoms with Crippen molar-refractivity contribution in [3.8, 4) is 0 Å². The third-order valence-corrected chi connectivity index (χ3v) is 4.39. The molecule has 1 atom stereocenters. The lowest BCUT2D eigenvalue weighted by molar-refractivity contribution is -0.125. The summed E-state index contributed by atoms with van der Waals surface area (Å²) in [6.07, 6.45) is 2.99. The first-order valence-corrected chi connectivity index (χ1v) is 8.11. The van der Waals surface area contributed by atoms with Crippen molar-refractivity contribution >= 4 is 17.8 Å². The maximum Gasteiger partial charge on any atom is 0.246 e. The van der Waals surface area contributed by atoms with Crippen molar-refractivity contribution in [1.82, 2.24) is 4.90 Å². The van der Waals surface area contributed by atoms with E-state index < -0.39 is 6.04 Å². The predicted octanol–water partition coefficient (Wildman–Crippen LogP) is 4.19. The Morgan fingerprint density at radius 1 is 1.04 bits per heavy atom.